The van der Waals surface area contributed by atoms with Crippen LogP contribution in [0.5, 0.6) is 0 Å². The Morgan fingerprint density at radius 2 is 2.03 bits per heavy atom. The summed E-state index contributed by atoms with van der Waals surface area (Å²) in [5.41, 5.74) is 3.52. The van der Waals surface area contributed by atoms with Gasteiger partial charge >= 0.3 is 0 Å². The second kappa shape index (κ2) is 7.77. The van der Waals surface area contributed by atoms with Crippen LogP contribution in [0.2, 0.25) is 5.02 Å². The molecule has 0 saturated heterocycles. The summed E-state index contributed by atoms with van der Waals surface area (Å²) in [7, 11) is 0. The molecule has 3 heterocycles. The van der Waals surface area contributed by atoms with Crippen LogP contribution in [0.4, 0.5) is 20.3 Å². The number of hydrogen-bond donors (Lipinski definition) is 1. The third-order valence-electron chi connectivity index (χ3n) is 5.50. The number of fused-ring (bicyclic) bond motifs is 1. The van der Waals surface area contributed by atoms with E-state index in [1.54, 1.807) is 35.3 Å². The number of rotatable bonds is 4. The predicted molar refractivity (Wildman–Crippen MR) is 114 cm³/mol. The van der Waals surface area contributed by atoms with Crippen molar-refractivity contribution in [3.63, 3.8) is 0 Å². The molecule has 2 aromatic carbocycles. The second-order valence-corrected chi connectivity index (χ2v) is 8.02. The lowest BCUT2D eigenvalue weighted by atomic mass is 9.96. The van der Waals surface area contributed by atoms with Gasteiger partial charge in [-0.2, -0.15) is 0 Å². The average Bonchev–Trinajstić information content (AvgIpc) is 3.35. The highest BCUT2D eigenvalue weighted by Gasteiger charge is 2.27. The number of imidazole rings is 1. The zero-order chi connectivity index (χ0) is 21.5. The van der Waals surface area contributed by atoms with E-state index in [1.807, 2.05) is 11.6 Å². The second-order valence-electron chi connectivity index (χ2n) is 7.62. The van der Waals surface area contributed by atoms with E-state index >= 15 is 0 Å². The van der Waals surface area contributed by atoms with Crippen LogP contribution in [0.3, 0.4) is 0 Å². The Bertz CT molecular complexity index is 1260. The van der Waals surface area contributed by atoms with Gasteiger partial charge in [0.1, 0.15) is 11.6 Å². The van der Waals surface area contributed by atoms with Gasteiger partial charge in [-0.05, 0) is 62.1 Å². The van der Waals surface area contributed by atoms with Gasteiger partial charge in [0, 0.05) is 16.9 Å². The monoisotopic (exact) mass is 440 g/mol. The molecular formula is C22H19ClF2N6. The normalized spacial score (nSPS) is 15.7. The third kappa shape index (κ3) is 3.67. The molecule has 0 bridgehead atoms. The smallest absolute Gasteiger partial charge is 0.176 e. The number of halogens is 3. The maximum atomic E-state index is 14.7. The predicted octanol–water partition coefficient (Wildman–Crippen LogP) is 5.37. The average molecular weight is 441 g/mol. The molecule has 1 unspecified atom stereocenters. The Labute approximate surface area is 182 Å². The molecule has 9 heteroatoms. The fourth-order valence-electron chi connectivity index (χ4n) is 4.02. The molecule has 31 heavy (non-hydrogen) atoms. The molecule has 5 rings (SSSR count). The van der Waals surface area contributed by atoms with Gasteiger partial charge in [-0.3, -0.25) is 0 Å². The highest BCUT2D eigenvalue weighted by molar-refractivity contribution is 6.31. The van der Waals surface area contributed by atoms with E-state index < -0.39 is 0 Å². The molecule has 0 spiro atoms. The highest BCUT2D eigenvalue weighted by Crippen LogP contribution is 2.36. The van der Waals surface area contributed by atoms with Crippen molar-refractivity contribution >= 4 is 23.1 Å². The lowest BCUT2D eigenvalue weighted by Crippen LogP contribution is -2.20. The topological polar surface area (TPSA) is 60.6 Å². The Kier molecular flexibility index (Phi) is 4.94. The summed E-state index contributed by atoms with van der Waals surface area (Å²) in [4.78, 5) is 4.14. The molecule has 0 saturated carbocycles. The summed E-state index contributed by atoms with van der Waals surface area (Å²) >= 11 is 6.28. The zero-order valence-electron chi connectivity index (χ0n) is 16.7. The molecule has 158 valence electrons. The van der Waals surface area contributed by atoms with Crippen LogP contribution < -0.4 is 5.32 Å². The largest absolute Gasteiger partial charge is 0.337 e. The van der Waals surface area contributed by atoms with Crippen LogP contribution >= 0.6 is 11.6 Å². The quantitative estimate of drug-likeness (QED) is 0.463. The lowest BCUT2D eigenvalue weighted by molar-refractivity contribution is 0.409. The minimum atomic E-state index is -0.376. The van der Waals surface area contributed by atoms with Gasteiger partial charge in [-0.15, -0.1) is 5.10 Å². The van der Waals surface area contributed by atoms with E-state index in [0.717, 1.165) is 36.2 Å². The third-order valence-corrected chi connectivity index (χ3v) is 5.83. The number of benzene rings is 2. The van der Waals surface area contributed by atoms with E-state index in [1.165, 1.54) is 18.2 Å². The van der Waals surface area contributed by atoms with Crippen molar-refractivity contribution in [1.82, 2.24) is 24.5 Å². The van der Waals surface area contributed by atoms with Crippen LogP contribution in [0.25, 0.3) is 5.69 Å². The van der Waals surface area contributed by atoms with Gasteiger partial charge in [0.2, 0.25) is 0 Å². The molecule has 2 aromatic heterocycles. The van der Waals surface area contributed by atoms with Crippen molar-refractivity contribution in [2.45, 2.75) is 32.2 Å². The Balaban J connectivity index is 1.43. The van der Waals surface area contributed by atoms with Crippen molar-refractivity contribution in [3.05, 3.63) is 82.5 Å². The van der Waals surface area contributed by atoms with Crippen LogP contribution in [-0.4, -0.2) is 24.5 Å². The summed E-state index contributed by atoms with van der Waals surface area (Å²) in [6.07, 6.45) is 5.86. The van der Waals surface area contributed by atoms with E-state index in [-0.39, 0.29) is 17.7 Å². The van der Waals surface area contributed by atoms with E-state index in [2.05, 4.69) is 20.6 Å². The minimum absolute atomic E-state index is 0.122. The molecule has 1 atom stereocenters. The molecule has 6 nitrogen and oxygen atoms in total. The highest BCUT2D eigenvalue weighted by atomic mass is 35.5. The first-order valence-electron chi connectivity index (χ1n) is 9.96. The first-order valence-corrected chi connectivity index (χ1v) is 10.3. The summed E-state index contributed by atoms with van der Waals surface area (Å²) in [6.45, 7) is 1.85. The first-order chi connectivity index (χ1) is 15.0. The van der Waals surface area contributed by atoms with Gasteiger partial charge in [0.25, 0.3) is 0 Å². The summed E-state index contributed by atoms with van der Waals surface area (Å²) < 4.78 is 31.6. The molecule has 0 amide bonds. The molecule has 0 radical (unpaired) electrons. The SMILES string of the molecule is Cc1cn(-c2ccc(Nc3nnn4c3CCCC4c3ccc(F)cc3Cl)cc2F)cn1. The number of nitrogens with one attached hydrogen (secondary N) is 1. The summed E-state index contributed by atoms with van der Waals surface area (Å²) in [6, 6.07) is 9.19. The van der Waals surface area contributed by atoms with Crippen molar-refractivity contribution in [3.8, 4) is 5.69 Å². The van der Waals surface area contributed by atoms with Crippen molar-refractivity contribution in [2.75, 3.05) is 5.32 Å². The molecule has 0 fully saturated rings. The van der Waals surface area contributed by atoms with E-state index in [0.29, 0.717) is 22.2 Å². The number of hydrogen-bond acceptors (Lipinski definition) is 4. The maximum absolute atomic E-state index is 14.7. The maximum Gasteiger partial charge on any atom is 0.176 e. The Morgan fingerprint density at radius 1 is 1.16 bits per heavy atom. The number of aryl methyl sites for hydroxylation is 1. The van der Waals surface area contributed by atoms with Crippen molar-refractivity contribution in [1.29, 1.82) is 0 Å². The van der Waals surface area contributed by atoms with Gasteiger partial charge in [0.15, 0.2) is 5.82 Å². The fraction of sp³-hybridized carbons (Fsp3) is 0.227. The molecule has 1 aliphatic rings. The van der Waals surface area contributed by atoms with Crippen LogP contribution in [-0.2, 0) is 6.42 Å². The number of aromatic nitrogens is 5. The minimum Gasteiger partial charge on any atom is -0.337 e. The molecular weight excluding hydrogens is 422 g/mol. The molecule has 0 aliphatic carbocycles. The van der Waals surface area contributed by atoms with Crippen molar-refractivity contribution < 1.29 is 8.78 Å². The van der Waals surface area contributed by atoms with Crippen LogP contribution in [0, 0.1) is 18.6 Å². The van der Waals surface area contributed by atoms with E-state index in [9.17, 15) is 8.78 Å². The van der Waals surface area contributed by atoms with Gasteiger partial charge in [-0.25, -0.2) is 18.4 Å². The summed E-state index contributed by atoms with van der Waals surface area (Å²) in [5, 5.41) is 12.1. The first kappa shape index (κ1) is 19.7. The standard InChI is InChI=1S/C22H19ClF2N6/c1-13-11-30(12-26-13)20-8-6-15(10-18(20)25)27-22-21-4-2-3-19(31(21)29-28-22)16-7-5-14(24)9-17(16)23/h5-12,19,27H,2-4H2,1H3. The molecule has 4 aromatic rings. The van der Waals surface area contributed by atoms with Gasteiger partial charge in [-0.1, -0.05) is 22.9 Å². The van der Waals surface area contributed by atoms with Crippen molar-refractivity contribution in [2.24, 2.45) is 0 Å². The number of anilines is 2. The van der Waals surface area contributed by atoms with Crippen LogP contribution in [0.1, 0.15) is 35.8 Å². The molecule has 1 N–H and O–H groups in total. The van der Waals surface area contributed by atoms with Crippen LogP contribution in [0.15, 0.2) is 48.9 Å². The fourth-order valence-corrected chi connectivity index (χ4v) is 4.31. The number of nitrogens with zero attached hydrogens (tertiary/aromatic N) is 5. The summed E-state index contributed by atoms with van der Waals surface area (Å²) in [5.74, 6) is -0.171. The van der Waals surface area contributed by atoms with Gasteiger partial charge in [0.05, 0.1) is 29.4 Å². The lowest BCUT2D eigenvalue weighted by Gasteiger charge is -2.25. The molecule has 1 aliphatic heterocycles. The Morgan fingerprint density at radius 3 is 2.77 bits per heavy atom. The Hall–Kier alpha value is -3.26. The van der Waals surface area contributed by atoms with E-state index in [4.69, 9.17) is 11.6 Å². The van der Waals surface area contributed by atoms with Gasteiger partial charge < -0.3 is 9.88 Å². The zero-order valence-corrected chi connectivity index (χ0v) is 17.4.